The summed E-state index contributed by atoms with van der Waals surface area (Å²) in [6, 6.07) is -0.265. The number of nitrogens with one attached hydrogen (secondary N) is 3. The van der Waals surface area contributed by atoms with Gasteiger partial charge in [-0.15, -0.1) is 0 Å². The Labute approximate surface area is 90.9 Å². The molecule has 0 spiro atoms. The highest BCUT2D eigenvalue weighted by Crippen LogP contribution is 1.81. The molecule has 15 heavy (non-hydrogen) atoms. The SMILES string of the molecule is CCCCNC(=O)NCCNS(C)(=O)=O. The van der Waals surface area contributed by atoms with E-state index in [9.17, 15) is 13.2 Å². The van der Waals surface area contributed by atoms with Crippen molar-refractivity contribution in [3.8, 4) is 0 Å². The van der Waals surface area contributed by atoms with E-state index in [0.717, 1.165) is 19.1 Å². The van der Waals surface area contributed by atoms with Crippen molar-refractivity contribution in [1.29, 1.82) is 0 Å². The molecule has 3 N–H and O–H groups in total. The maximum atomic E-state index is 11.0. The lowest BCUT2D eigenvalue weighted by molar-refractivity contribution is 0.241. The third-order valence-corrected chi connectivity index (χ3v) is 2.32. The minimum Gasteiger partial charge on any atom is -0.338 e. The van der Waals surface area contributed by atoms with Crippen LogP contribution in [-0.4, -0.2) is 40.3 Å². The van der Waals surface area contributed by atoms with Gasteiger partial charge in [-0.1, -0.05) is 13.3 Å². The molecule has 0 unspecified atom stereocenters. The Morgan fingerprint density at radius 1 is 1.13 bits per heavy atom. The molecule has 0 heterocycles. The van der Waals surface area contributed by atoms with Gasteiger partial charge < -0.3 is 10.6 Å². The maximum Gasteiger partial charge on any atom is 0.314 e. The van der Waals surface area contributed by atoms with E-state index in [1.165, 1.54) is 0 Å². The molecule has 0 aromatic carbocycles. The van der Waals surface area contributed by atoms with Crippen molar-refractivity contribution in [2.45, 2.75) is 19.8 Å². The van der Waals surface area contributed by atoms with Gasteiger partial charge in [0.1, 0.15) is 0 Å². The van der Waals surface area contributed by atoms with Gasteiger partial charge in [-0.3, -0.25) is 0 Å². The molecular weight excluding hydrogens is 218 g/mol. The third-order valence-electron chi connectivity index (χ3n) is 1.59. The summed E-state index contributed by atoms with van der Waals surface area (Å²) in [6.45, 7) is 3.17. The van der Waals surface area contributed by atoms with Crippen LogP contribution in [0.25, 0.3) is 0 Å². The molecule has 0 rings (SSSR count). The largest absolute Gasteiger partial charge is 0.338 e. The molecule has 0 bridgehead atoms. The van der Waals surface area contributed by atoms with E-state index in [0.29, 0.717) is 6.54 Å². The van der Waals surface area contributed by atoms with E-state index in [1.807, 2.05) is 6.92 Å². The normalized spacial score (nSPS) is 11.1. The third kappa shape index (κ3) is 11.1. The molecule has 0 atom stereocenters. The number of urea groups is 1. The lowest BCUT2D eigenvalue weighted by Gasteiger charge is -2.06. The molecular formula is C8H19N3O3S. The van der Waals surface area contributed by atoms with Gasteiger partial charge in [0, 0.05) is 19.6 Å². The van der Waals surface area contributed by atoms with E-state index >= 15 is 0 Å². The molecule has 0 radical (unpaired) electrons. The summed E-state index contributed by atoms with van der Waals surface area (Å²) in [5.41, 5.74) is 0. The Balaban J connectivity index is 3.39. The second-order valence-electron chi connectivity index (χ2n) is 3.20. The lowest BCUT2D eigenvalue weighted by atomic mass is 10.3. The van der Waals surface area contributed by atoms with Crippen molar-refractivity contribution in [1.82, 2.24) is 15.4 Å². The van der Waals surface area contributed by atoms with Crippen molar-refractivity contribution in [2.75, 3.05) is 25.9 Å². The van der Waals surface area contributed by atoms with E-state index in [2.05, 4.69) is 15.4 Å². The predicted molar refractivity (Wildman–Crippen MR) is 59.2 cm³/mol. The van der Waals surface area contributed by atoms with Crippen LogP contribution in [0, 0.1) is 0 Å². The summed E-state index contributed by atoms with van der Waals surface area (Å²) in [6.07, 6.45) is 3.04. The monoisotopic (exact) mass is 237 g/mol. The average molecular weight is 237 g/mol. The number of carbonyl (C=O) groups excluding carboxylic acids is 1. The summed E-state index contributed by atoms with van der Waals surface area (Å²) in [7, 11) is -3.16. The van der Waals surface area contributed by atoms with Crippen LogP contribution in [-0.2, 0) is 10.0 Å². The summed E-state index contributed by atoms with van der Waals surface area (Å²) < 4.78 is 23.6. The van der Waals surface area contributed by atoms with E-state index in [1.54, 1.807) is 0 Å². The quantitative estimate of drug-likeness (QED) is 0.528. The number of unbranched alkanes of at least 4 members (excludes halogenated alkanes) is 1. The van der Waals surface area contributed by atoms with Crippen molar-refractivity contribution in [3.05, 3.63) is 0 Å². The number of hydrogen-bond acceptors (Lipinski definition) is 3. The van der Waals surface area contributed by atoms with E-state index in [4.69, 9.17) is 0 Å². The van der Waals surface area contributed by atoms with Crippen LogP contribution in [0.4, 0.5) is 4.79 Å². The first-order chi connectivity index (χ1) is 6.95. The summed E-state index contributed by atoms with van der Waals surface area (Å²) in [5.74, 6) is 0. The van der Waals surface area contributed by atoms with Gasteiger partial charge in [0.15, 0.2) is 0 Å². The van der Waals surface area contributed by atoms with Crippen LogP contribution < -0.4 is 15.4 Å². The zero-order chi connectivity index (χ0) is 11.7. The number of amides is 2. The topological polar surface area (TPSA) is 87.3 Å². The molecule has 0 saturated carbocycles. The molecule has 0 aliphatic carbocycles. The maximum absolute atomic E-state index is 11.0. The fourth-order valence-electron chi connectivity index (χ4n) is 0.854. The standard InChI is InChI=1S/C8H19N3O3S/c1-3-4-5-9-8(12)10-6-7-11-15(2,13)14/h11H,3-7H2,1-2H3,(H2,9,10,12). The second kappa shape index (κ2) is 7.47. The van der Waals surface area contributed by atoms with Crippen LogP contribution in [0.2, 0.25) is 0 Å². The molecule has 0 fully saturated rings. The van der Waals surface area contributed by atoms with Gasteiger partial charge in [-0.25, -0.2) is 17.9 Å². The Morgan fingerprint density at radius 2 is 1.73 bits per heavy atom. The Bertz CT molecular complexity index is 277. The predicted octanol–water partition coefficient (Wildman–Crippen LogP) is -0.365. The number of rotatable bonds is 7. The lowest BCUT2D eigenvalue weighted by Crippen LogP contribution is -2.40. The van der Waals surface area contributed by atoms with E-state index in [-0.39, 0.29) is 19.1 Å². The van der Waals surface area contributed by atoms with Gasteiger partial charge >= 0.3 is 6.03 Å². The highest BCUT2D eigenvalue weighted by molar-refractivity contribution is 7.88. The van der Waals surface area contributed by atoms with Gasteiger partial charge in [0.05, 0.1) is 6.26 Å². The first-order valence-corrected chi connectivity index (χ1v) is 6.81. The highest BCUT2D eigenvalue weighted by atomic mass is 32.2. The molecule has 6 nitrogen and oxygen atoms in total. The first kappa shape index (κ1) is 14.2. The van der Waals surface area contributed by atoms with Crippen LogP contribution in [0.15, 0.2) is 0 Å². The summed E-state index contributed by atoms with van der Waals surface area (Å²) in [5, 5.41) is 5.19. The minimum atomic E-state index is -3.16. The van der Waals surface area contributed by atoms with Crippen LogP contribution in [0.1, 0.15) is 19.8 Å². The molecule has 7 heteroatoms. The Morgan fingerprint density at radius 3 is 2.27 bits per heavy atom. The number of carbonyl (C=O) groups is 1. The van der Waals surface area contributed by atoms with E-state index < -0.39 is 10.0 Å². The molecule has 0 aromatic heterocycles. The molecule has 0 aromatic rings. The number of sulfonamides is 1. The molecule has 2 amide bonds. The van der Waals surface area contributed by atoms with Gasteiger partial charge in [0.2, 0.25) is 10.0 Å². The second-order valence-corrected chi connectivity index (χ2v) is 5.04. The van der Waals surface area contributed by atoms with Crippen molar-refractivity contribution >= 4 is 16.1 Å². The highest BCUT2D eigenvalue weighted by Gasteiger charge is 2.00. The van der Waals surface area contributed by atoms with Gasteiger partial charge in [0.25, 0.3) is 0 Å². The van der Waals surface area contributed by atoms with Gasteiger partial charge in [-0.2, -0.15) is 0 Å². The van der Waals surface area contributed by atoms with Crippen LogP contribution in [0.3, 0.4) is 0 Å². The fraction of sp³-hybridized carbons (Fsp3) is 0.875. The summed E-state index contributed by atoms with van der Waals surface area (Å²) in [4.78, 5) is 11.0. The Kier molecular flexibility index (Phi) is 7.06. The number of hydrogen-bond donors (Lipinski definition) is 3. The Hall–Kier alpha value is -0.820. The average Bonchev–Trinajstić information content (AvgIpc) is 2.11. The molecule has 0 aliphatic heterocycles. The molecule has 0 saturated heterocycles. The fourth-order valence-corrected chi connectivity index (χ4v) is 1.33. The first-order valence-electron chi connectivity index (χ1n) is 4.92. The van der Waals surface area contributed by atoms with Crippen molar-refractivity contribution in [3.63, 3.8) is 0 Å². The van der Waals surface area contributed by atoms with Crippen LogP contribution in [0.5, 0.6) is 0 Å². The summed E-state index contributed by atoms with van der Waals surface area (Å²) >= 11 is 0. The van der Waals surface area contributed by atoms with Gasteiger partial charge in [-0.05, 0) is 6.42 Å². The zero-order valence-corrected chi connectivity index (χ0v) is 9.99. The smallest absolute Gasteiger partial charge is 0.314 e. The van der Waals surface area contributed by atoms with Crippen LogP contribution >= 0.6 is 0 Å². The molecule has 0 aliphatic rings. The minimum absolute atomic E-state index is 0.208. The van der Waals surface area contributed by atoms with Crippen molar-refractivity contribution < 1.29 is 13.2 Å². The van der Waals surface area contributed by atoms with Crippen molar-refractivity contribution in [2.24, 2.45) is 0 Å². The molecule has 90 valence electrons. The zero-order valence-electron chi connectivity index (χ0n) is 9.17.